The van der Waals surface area contributed by atoms with Crippen molar-refractivity contribution in [3.05, 3.63) is 23.8 Å². The lowest BCUT2D eigenvalue weighted by molar-refractivity contribution is 0.0978. The third kappa shape index (κ3) is 1.60. The number of nitrogens with two attached hydrogens (primary N) is 1. The molecular formula is C10H13NO2. The van der Waals surface area contributed by atoms with Gasteiger partial charge in [0.2, 0.25) is 0 Å². The van der Waals surface area contributed by atoms with Gasteiger partial charge in [0.1, 0.15) is 11.9 Å². The number of hydrogen-bond acceptors (Lipinski definition) is 3. The van der Waals surface area contributed by atoms with Gasteiger partial charge in [0, 0.05) is 5.69 Å². The molecule has 1 aromatic rings. The molecule has 1 aliphatic rings. The van der Waals surface area contributed by atoms with Crippen LogP contribution in [0, 0.1) is 0 Å². The Morgan fingerprint density at radius 2 is 2.38 bits per heavy atom. The Balaban J connectivity index is 2.26. The van der Waals surface area contributed by atoms with Crippen LogP contribution in [0.4, 0.5) is 5.69 Å². The minimum absolute atomic E-state index is 0.0453. The second-order valence-corrected chi connectivity index (χ2v) is 3.33. The fraction of sp³-hybridized carbons (Fsp3) is 0.400. The maximum absolute atomic E-state index is 8.92. The summed E-state index contributed by atoms with van der Waals surface area (Å²) in [5, 5.41) is 8.92. The summed E-state index contributed by atoms with van der Waals surface area (Å²) in [7, 11) is 0. The van der Waals surface area contributed by atoms with Crippen molar-refractivity contribution in [2.24, 2.45) is 0 Å². The van der Waals surface area contributed by atoms with Crippen LogP contribution in [0.1, 0.15) is 12.0 Å². The normalized spacial score (nSPS) is 20.5. The van der Waals surface area contributed by atoms with E-state index in [-0.39, 0.29) is 12.7 Å². The molecular weight excluding hydrogens is 166 g/mol. The average molecular weight is 179 g/mol. The topological polar surface area (TPSA) is 55.5 Å². The van der Waals surface area contributed by atoms with Gasteiger partial charge in [-0.25, -0.2) is 0 Å². The molecule has 1 heterocycles. The standard InChI is InChI=1S/C10H13NO2/c11-8-2-4-10-7(5-8)1-3-9(6-12)13-10/h2,4-5,9,12H,1,3,6,11H2. The molecule has 0 saturated heterocycles. The Kier molecular flexibility index (Phi) is 2.10. The fourth-order valence-electron chi connectivity index (χ4n) is 1.59. The van der Waals surface area contributed by atoms with E-state index in [1.165, 1.54) is 0 Å². The molecule has 0 spiro atoms. The second kappa shape index (κ2) is 3.26. The van der Waals surface area contributed by atoms with E-state index in [0.717, 1.165) is 29.8 Å². The Morgan fingerprint density at radius 1 is 1.54 bits per heavy atom. The van der Waals surface area contributed by atoms with Gasteiger partial charge in [-0.2, -0.15) is 0 Å². The maximum atomic E-state index is 8.92. The Bertz CT molecular complexity index is 312. The Labute approximate surface area is 77.1 Å². The third-order valence-corrected chi connectivity index (χ3v) is 2.32. The molecule has 1 atom stereocenters. The van der Waals surface area contributed by atoms with Gasteiger partial charge in [0.05, 0.1) is 6.61 Å². The first-order valence-corrected chi connectivity index (χ1v) is 4.45. The van der Waals surface area contributed by atoms with E-state index in [1.54, 1.807) is 0 Å². The molecule has 13 heavy (non-hydrogen) atoms. The first-order chi connectivity index (χ1) is 6.29. The highest BCUT2D eigenvalue weighted by atomic mass is 16.5. The largest absolute Gasteiger partial charge is 0.488 e. The highest BCUT2D eigenvalue weighted by Crippen LogP contribution is 2.28. The van der Waals surface area contributed by atoms with Crippen LogP contribution >= 0.6 is 0 Å². The van der Waals surface area contributed by atoms with Gasteiger partial charge in [-0.3, -0.25) is 0 Å². The van der Waals surface area contributed by atoms with Crippen molar-refractivity contribution in [3.8, 4) is 5.75 Å². The van der Waals surface area contributed by atoms with E-state index in [4.69, 9.17) is 15.6 Å². The van der Waals surface area contributed by atoms with Gasteiger partial charge in [-0.15, -0.1) is 0 Å². The highest BCUT2D eigenvalue weighted by Gasteiger charge is 2.18. The van der Waals surface area contributed by atoms with E-state index >= 15 is 0 Å². The number of ether oxygens (including phenoxy) is 1. The third-order valence-electron chi connectivity index (χ3n) is 2.32. The van der Waals surface area contributed by atoms with Crippen LogP contribution in [0.15, 0.2) is 18.2 Å². The predicted octanol–water partition coefficient (Wildman–Crippen LogP) is 0.955. The van der Waals surface area contributed by atoms with Crippen molar-refractivity contribution >= 4 is 5.69 Å². The molecule has 1 aromatic carbocycles. The number of rotatable bonds is 1. The smallest absolute Gasteiger partial charge is 0.123 e. The Hall–Kier alpha value is -1.22. The van der Waals surface area contributed by atoms with E-state index in [2.05, 4.69) is 0 Å². The van der Waals surface area contributed by atoms with E-state index in [9.17, 15) is 0 Å². The molecule has 0 aromatic heterocycles. The number of anilines is 1. The molecule has 2 rings (SSSR count). The number of hydrogen-bond donors (Lipinski definition) is 2. The molecule has 0 bridgehead atoms. The molecule has 3 nitrogen and oxygen atoms in total. The van der Waals surface area contributed by atoms with E-state index < -0.39 is 0 Å². The molecule has 0 radical (unpaired) electrons. The number of fused-ring (bicyclic) bond motifs is 1. The summed E-state index contributed by atoms with van der Waals surface area (Å²) in [5.74, 6) is 0.861. The van der Waals surface area contributed by atoms with Gasteiger partial charge in [0.15, 0.2) is 0 Å². The summed E-state index contributed by atoms with van der Waals surface area (Å²) in [5.41, 5.74) is 7.56. The number of aryl methyl sites for hydroxylation is 1. The van der Waals surface area contributed by atoms with Crippen molar-refractivity contribution in [2.45, 2.75) is 18.9 Å². The van der Waals surface area contributed by atoms with Crippen molar-refractivity contribution < 1.29 is 9.84 Å². The van der Waals surface area contributed by atoms with Gasteiger partial charge < -0.3 is 15.6 Å². The van der Waals surface area contributed by atoms with Crippen LogP contribution in [-0.2, 0) is 6.42 Å². The van der Waals surface area contributed by atoms with Crippen LogP contribution in [0.5, 0.6) is 5.75 Å². The molecule has 1 unspecified atom stereocenters. The summed E-state index contributed by atoms with van der Waals surface area (Å²) in [6.45, 7) is 0.0871. The van der Waals surface area contributed by atoms with Gasteiger partial charge in [0.25, 0.3) is 0 Å². The van der Waals surface area contributed by atoms with Crippen LogP contribution in [-0.4, -0.2) is 17.8 Å². The average Bonchev–Trinajstić information content (AvgIpc) is 2.17. The minimum atomic E-state index is -0.0453. The summed E-state index contributed by atoms with van der Waals surface area (Å²) < 4.78 is 5.53. The number of nitrogen functional groups attached to an aromatic ring is 1. The minimum Gasteiger partial charge on any atom is -0.488 e. The number of aliphatic hydroxyl groups is 1. The number of aliphatic hydroxyl groups excluding tert-OH is 1. The summed E-state index contributed by atoms with van der Waals surface area (Å²) in [4.78, 5) is 0. The van der Waals surface area contributed by atoms with Crippen molar-refractivity contribution in [2.75, 3.05) is 12.3 Å². The van der Waals surface area contributed by atoms with Gasteiger partial charge in [-0.1, -0.05) is 0 Å². The second-order valence-electron chi connectivity index (χ2n) is 3.33. The van der Waals surface area contributed by atoms with Crippen LogP contribution in [0.3, 0.4) is 0 Å². The molecule has 1 aliphatic heterocycles. The van der Waals surface area contributed by atoms with Crippen molar-refractivity contribution in [1.82, 2.24) is 0 Å². The predicted molar refractivity (Wildman–Crippen MR) is 50.7 cm³/mol. The first kappa shape index (κ1) is 8.38. The van der Waals surface area contributed by atoms with E-state index in [1.807, 2.05) is 18.2 Å². The Morgan fingerprint density at radius 3 is 3.15 bits per heavy atom. The monoisotopic (exact) mass is 179 g/mol. The quantitative estimate of drug-likeness (QED) is 0.631. The van der Waals surface area contributed by atoms with Crippen LogP contribution in [0.2, 0.25) is 0 Å². The lowest BCUT2D eigenvalue weighted by Gasteiger charge is -2.24. The first-order valence-electron chi connectivity index (χ1n) is 4.45. The summed E-state index contributed by atoms with van der Waals surface area (Å²) >= 11 is 0. The zero-order chi connectivity index (χ0) is 9.26. The fourth-order valence-corrected chi connectivity index (χ4v) is 1.59. The highest BCUT2D eigenvalue weighted by molar-refractivity contribution is 5.48. The van der Waals surface area contributed by atoms with E-state index in [0.29, 0.717) is 0 Å². The maximum Gasteiger partial charge on any atom is 0.123 e. The zero-order valence-electron chi connectivity index (χ0n) is 7.36. The lowest BCUT2D eigenvalue weighted by Crippen LogP contribution is -2.26. The molecule has 0 fully saturated rings. The molecule has 3 heteroatoms. The molecule has 0 saturated carbocycles. The summed E-state index contributed by atoms with van der Waals surface area (Å²) in [6, 6.07) is 5.62. The van der Waals surface area contributed by atoms with Crippen molar-refractivity contribution in [1.29, 1.82) is 0 Å². The number of benzene rings is 1. The molecule has 0 aliphatic carbocycles. The molecule has 70 valence electrons. The van der Waals surface area contributed by atoms with Gasteiger partial charge >= 0.3 is 0 Å². The summed E-state index contributed by atoms with van der Waals surface area (Å²) in [6.07, 6.45) is 1.76. The molecule has 0 amide bonds. The van der Waals surface area contributed by atoms with Crippen molar-refractivity contribution in [3.63, 3.8) is 0 Å². The van der Waals surface area contributed by atoms with Crippen LogP contribution in [0.25, 0.3) is 0 Å². The van der Waals surface area contributed by atoms with Crippen LogP contribution < -0.4 is 10.5 Å². The SMILES string of the molecule is Nc1ccc2c(c1)CCC(CO)O2. The lowest BCUT2D eigenvalue weighted by atomic mass is 10.0. The zero-order valence-corrected chi connectivity index (χ0v) is 7.36. The molecule has 3 N–H and O–H groups in total. The van der Waals surface area contributed by atoms with Gasteiger partial charge in [-0.05, 0) is 36.6 Å².